The first-order valence-electron chi connectivity index (χ1n) is 8.05. The molecule has 1 N–H and O–H groups in total. The number of nitro groups is 1. The van der Waals surface area contributed by atoms with Gasteiger partial charge in [-0.15, -0.1) is 0 Å². The van der Waals surface area contributed by atoms with Gasteiger partial charge in [0.2, 0.25) is 0 Å². The van der Waals surface area contributed by atoms with Gasteiger partial charge in [0.15, 0.2) is 0 Å². The fourth-order valence-electron chi connectivity index (χ4n) is 2.43. The number of hydrazone groups is 1. The number of hydrogen-bond acceptors (Lipinski definition) is 6. The first kappa shape index (κ1) is 18.0. The van der Waals surface area contributed by atoms with Crippen molar-refractivity contribution in [3.8, 4) is 11.3 Å². The molecule has 0 aliphatic carbocycles. The van der Waals surface area contributed by atoms with Crippen LogP contribution in [0, 0.1) is 24.0 Å². The Bertz CT molecular complexity index is 1030. The van der Waals surface area contributed by atoms with E-state index in [-0.39, 0.29) is 5.69 Å². The van der Waals surface area contributed by atoms with Gasteiger partial charge in [0.1, 0.15) is 11.5 Å². The Balaban J connectivity index is 1.78. The molecule has 3 rings (SSSR count). The standard InChI is InChI=1S/C19H16N4O4/c1-12-8-16(17(23(25)26)9-13(12)2)18-6-5-15(27-18)11-21-22-19(24)14-4-3-7-20-10-14/h3-11H,1-2H3,(H,22,24)/b21-11+. The number of aryl methyl sites for hydroxylation is 2. The molecule has 3 aromatic rings. The van der Waals surface area contributed by atoms with Crippen LogP contribution >= 0.6 is 0 Å². The zero-order chi connectivity index (χ0) is 19.4. The monoisotopic (exact) mass is 364 g/mol. The van der Waals surface area contributed by atoms with Gasteiger partial charge in [-0.05, 0) is 55.3 Å². The van der Waals surface area contributed by atoms with Crippen LogP contribution in [0.25, 0.3) is 11.3 Å². The summed E-state index contributed by atoms with van der Waals surface area (Å²) in [7, 11) is 0. The van der Waals surface area contributed by atoms with Gasteiger partial charge in [0.25, 0.3) is 11.6 Å². The second-order valence-electron chi connectivity index (χ2n) is 5.85. The number of furan rings is 1. The average molecular weight is 364 g/mol. The molecule has 2 heterocycles. The van der Waals surface area contributed by atoms with Gasteiger partial charge in [-0.2, -0.15) is 5.10 Å². The predicted molar refractivity (Wildman–Crippen MR) is 99.6 cm³/mol. The fraction of sp³-hybridized carbons (Fsp3) is 0.105. The van der Waals surface area contributed by atoms with Gasteiger partial charge in [-0.3, -0.25) is 19.9 Å². The molecule has 2 aromatic heterocycles. The summed E-state index contributed by atoms with van der Waals surface area (Å²) in [5, 5.41) is 15.2. The number of carbonyl (C=O) groups is 1. The van der Waals surface area contributed by atoms with E-state index in [0.29, 0.717) is 22.6 Å². The van der Waals surface area contributed by atoms with E-state index in [0.717, 1.165) is 11.1 Å². The lowest BCUT2D eigenvalue weighted by Crippen LogP contribution is -2.17. The third kappa shape index (κ3) is 4.06. The maximum absolute atomic E-state index is 11.9. The fourth-order valence-corrected chi connectivity index (χ4v) is 2.43. The Kier molecular flexibility index (Phi) is 5.07. The van der Waals surface area contributed by atoms with Crippen LogP contribution in [0.3, 0.4) is 0 Å². The Hall–Kier alpha value is -3.81. The molecule has 0 saturated carbocycles. The van der Waals surface area contributed by atoms with Crippen molar-refractivity contribution in [2.45, 2.75) is 13.8 Å². The van der Waals surface area contributed by atoms with Crippen LogP contribution < -0.4 is 5.43 Å². The molecule has 1 aromatic carbocycles. The number of rotatable bonds is 5. The molecular weight excluding hydrogens is 348 g/mol. The minimum Gasteiger partial charge on any atom is -0.455 e. The van der Waals surface area contributed by atoms with Crippen molar-refractivity contribution in [2.75, 3.05) is 0 Å². The number of hydrogen-bond donors (Lipinski definition) is 1. The summed E-state index contributed by atoms with van der Waals surface area (Å²) < 4.78 is 5.63. The second kappa shape index (κ2) is 7.61. The highest BCUT2D eigenvalue weighted by Gasteiger charge is 2.19. The van der Waals surface area contributed by atoms with Crippen LogP contribution in [0.2, 0.25) is 0 Å². The van der Waals surface area contributed by atoms with Crippen molar-refractivity contribution >= 4 is 17.8 Å². The molecular formula is C19H16N4O4. The van der Waals surface area contributed by atoms with E-state index in [1.807, 2.05) is 13.8 Å². The maximum Gasteiger partial charge on any atom is 0.280 e. The summed E-state index contributed by atoms with van der Waals surface area (Å²) >= 11 is 0. The summed E-state index contributed by atoms with van der Waals surface area (Å²) in [5.41, 5.74) is 4.86. The first-order valence-corrected chi connectivity index (χ1v) is 8.05. The van der Waals surface area contributed by atoms with Gasteiger partial charge >= 0.3 is 0 Å². The summed E-state index contributed by atoms with van der Waals surface area (Å²) in [6.45, 7) is 3.69. The van der Waals surface area contributed by atoms with Gasteiger partial charge in [-0.1, -0.05) is 0 Å². The topological polar surface area (TPSA) is 111 Å². The predicted octanol–water partition coefficient (Wildman–Crippen LogP) is 3.63. The van der Waals surface area contributed by atoms with Crippen LogP contribution in [0.5, 0.6) is 0 Å². The minimum atomic E-state index is -0.438. The highest BCUT2D eigenvalue weighted by atomic mass is 16.6. The normalized spacial score (nSPS) is 10.9. The van der Waals surface area contributed by atoms with E-state index in [1.54, 1.807) is 36.5 Å². The summed E-state index contributed by atoms with van der Waals surface area (Å²) in [4.78, 5) is 26.6. The number of benzene rings is 1. The van der Waals surface area contributed by atoms with Crippen molar-refractivity contribution in [3.63, 3.8) is 0 Å². The number of aromatic nitrogens is 1. The number of carbonyl (C=O) groups excluding carboxylic acids is 1. The van der Waals surface area contributed by atoms with Crippen LogP contribution in [0.1, 0.15) is 27.2 Å². The van der Waals surface area contributed by atoms with Crippen molar-refractivity contribution in [1.82, 2.24) is 10.4 Å². The molecule has 0 spiro atoms. The third-order valence-corrected chi connectivity index (χ3v) is 3.98. The lowest BCUT2D eigenvalue weighted by atomic mass is 10.0. The van der Waals surface area contributed by atoms with Crippen LogP contribution in [-0.2, 0) is 0 Å². The van der Waals surface area contributed by atoms with E-state index < -0.39 is 10.8 Å². The molecule has 8 heteroatoms. The molecule has 0 fully saturated rings. The summed E-state index contributed by atoms with van der Waals surface area (Å²) in [5.74, 6) is 0.296. The molecule has 8 nitrogen and oxygen atoms in total. The van der Waals surface area contributed by atoms with Gasteiger partial charge in [-0.25, -0.2) is 5.43 Å². The van der Waals surface area contributed by atoms with E-state index in [9.17, 15) is 14.9 Å². The summed E-state index contributed by atoms with van der Waals surface area (Å²) in [6.07, 6.45) is 4.32. The molecule has 0 aliphatic heterocycles. The maximum atomic E-state index is 11.9. The largest absolute Gasteiger partial charge is 0.455 e. The molecule has 0 bridgehead atoms. The lowest BCUT2D eigenvalue weighted by Gasteiger charge is -2.04. The Morgan fingerprint density at radius 3 is 2.74 bits per heavy atom. The van der Waals surface area contributed by atoms with Crippen LogP contribution in [-0.4, -0.2) is 22.0 Å². The molecule has 0 radical (unpaired) electrons. The molecule has 1 amide bonds. The van der Waals surface area contributed by atoms with E-state index in [4.69, 9.17) is 4.42 Å². The zero-order valence-corrected chi connectivity index (χ0v) is 14.7. The van der Waals surface area contributed by atoms with Crippen molar-refractivity contribution in [3.05, 3.63) is 81.4 Å². The molecule has 27 heavy (non-hydrogen) atoms. The highest BCUT2D eigenvalue weighted by molar-refractivity contribution is 5.94. The van der Waals surface area contributed by atoms with Gasteiger partial charge < -0.3 is 4.42 Å². The van der Waals surface area contributed by atoms with Crippen molar-refractivity contribution in [2.24, 2.45) is 5.10 Å². The smallest absolute Gasteiger partial charge is 0.280 e. The Morgan fingerprint density at radius 1 is 1.26 bits per heavy atom. The van der Waals surface area contributed by atoms with Crippen molar-refractivity contribution < 1.29 is 14.1 Å². The van der Waals surface area contributed by atoms with Crippen LogP contribution in [0.15, 0.2) is 58.3 Å². The molecule has 0 unspecified atom stereocenters. The molecule has 0 saturated heterocycles. The second-order valence-corrected chi connectivity index (χ2v) is 5.85. The van der Waals surface area contributed by atoms with E-state index in [1.165, 1.54) is 18.5 Å². The zero-order valence-electron chi connectivity index (χ0n) is 14.7. The number of pyridine rings is 1. The van der Waals surface area contributed by atoms with E-state index in [2.05, 4.69) is 15.5 Å². The van der Waals surface area contributed by atoms with E-state index >= 15 is 0 Å². The number of nitro benzene ring substituents is 1. The van der Waals surface area contributed by atoms with Gasteiger partial charge in [0, 0.05) is 18.5 Å². The molecule has 0 atom stereocenters. The quantitative estimate of drug-likeness (QED) is 0.422. The van der Waals surface area contributed by atoms with Crippen LogP contribution in [0.4, 0.5) is 5.69 Å². The van der Waals surface area contributed by atoms with Crippen molar-refractivity contribution in [1.29, 1.82) is 0 Å². The molecule has 0 aliphatic rings. The minimum absolute atomic E-state index is 0.0270. The molecule has 136 valence electrons. The number of nitrogens with zero attached hydrogens (tertiary/aromatic N) is 3. The first-order chi connectivity index (χ1) is 13.0. The summed E-state index contributed by atoms with van der Waals surface area (Å²) in [6, 6.07) is 9.75. The highest BCUT2D eigenvalue weighted by Crippen LogP contribution is 2.33. The average Bonchev–Trinajstić information content (AvgIpc) is 3.12. The van der Waals surface area contributed by atoms with Gasteiger partial charge in [0.05, 0.1) is 22.3 Å². The lowest BCUT2D eigenvalue weighted by molar-refractivity contribution is -0.384. The Labute approximate surface area is 154 Å². The third-order valence-electron chi connectivity index (χ3n) is 3.98. The number of nitrogens with one attached hydrogen (secondary N) is 1. The number of amides is 1. The Morgan fingerprint density at radius 2 is 2.04 bits per heavy atom. The SMILES string of the molecule is Cc1cc(-c2ccc(/C=N/NC(=O)c3cccnc3)o2)c([N+](=O)[O-])cc1C.